The van der Waals surface area contributed by atoms with E-state index >= 15 is 4.39 Å². The number of nitrogens with zero attached hydrogens (tertiary/aromatic N) is 6. The molecule has 226 valence electrons. The van der Waals surface area contributed by atoms with Crippen LogP contribution in [0.1, 0.15) is 37.3 Å². The molecule has 0 amide bonds. The SMILES string of the molecule is CNCc1cc(F)c(-c2nccc(Nc3cc(N4CCC[C@H](O)C4)c(-c4cnn(C5CCOCC5)c4)cn3)n2)c(OC)c1. The van der Waals surface area contributed by atoms with Gasteiger partial charge in [0.2, 0.25) is 0 Å². The number of anilines is 3. The summed E-state index contributed by atoms with van der Waals surface area (Å²) in [7, 11) is 3.30. The Morgan fingerprint density at radius 1 is 1.12 bits per heavy atom. The van der Waals surface area contributed by atoms with Gasteiger partial charge in [-0.1, -0.05) is 0 Å². The molecule has 0 aliphatic carbocycles. The monoisotopic (exact) mass is 588 g/mol. The minimum absolute atomic E-state index is 0.193. The van der Waals surface area contributed by atoms with E-state index in [0.717, 1.165) is 67.8 Å². The highest BCUT2D eigenvalue weighted by Gasteiger charge is 2.24. The van der Waals surface area contributed by atoms with Crippen LogP contribution < -0.4 is 20.3 Å². The standard InChI is InChI=1S/C31H37FN8O3/c1-33-15-20-12-25(32)30(27(13-20)42-2)31-34-8-5-28(38-31)37-29-14-26(39-9-3-4-23(41)19-39)24(17-35-29)21-16-36-40(18-21)22-6-10-43-11-7-22/h5,8,12-14,16-18,22-23,33,41H,3-4,6-7,9-11,15,19H2,1-2H3,(H,34,35,37,38)/t23-/m0/s1. The number of benzene rings is 1. The van der Waals surface area contributed by atoms with E-state index in [4.69, 9.17) is 14.5 Å². The van der Waals surface area contributed by atoms with Gasteiger partial charge >= 0.3 is 0 Å². The Balaban J connectivity index is 1.31. The Hall–Kier alpha value is -4.13. The lowest BCUT2D eigenvalue weighted by atomic mass is 10.0. The molecule has 0 unspecified atom stereocenters. The molecule has 5 heterocycles. The van der Waals surface area contributed by atoms with Crippen LogP contribution in [0.5, 0.6) is 5.75 Å². The highest BCUT2D eigenvalue weighted by Crippen LogP contribution is 2.36. The summed E-state index contributed by atoms with van der Waals surface area (Å²) < 4.78 is 28.3. The third-order valence-corrected chi connectivity index (χ3v) is 7.95. The second-order valence-electron chi connectivity index (χ2n) is 11.0. The molecule has 2 aliphatic heterocycles. The van der Waals surface area contributed by atoms with Crippen LogP contribution in [0.4, 0.5) is 21.7 Å². The number of aliphatic hydroxyl groups is 1. The van der Waals surface area contributed by atoms with E-state index in [1.165, 1.54) is 13.2 Å². The molecule has 0 saturated carbocycles. The van der Waals surface area contributed by atoms with E-state index in [1.807, 2.05) is 23.1 Å². The van der Waals surface area contributed by atoms with Gasteiger partial charge in [-0.15, -0.1) is 0 Å². The number of hydrogen-bond acceptors (Lipinski definition) is 10. The maximum Gasteiger partial charge on any atom is 0.168 e. The van der Waals surface area contributed by atoms with Crippen LogP contribution in [0.2, 0.25) is 0 Å². The zero-order valence-corrected chi connectivity index (χ0v) is 24.5. The van der Waals surface area contributed by atoms with Crippen molar-refractivity contribution < 1.29 is 19.0 Å². The Morgan fingerprint density at radius 2 is 1.98 bits per heavy atom. The topological polar surface area (TPSA) is 122 Å². The first-order chi connectivity index (χ1) is 21.0. The Labute approximate surface area is 250 Å². The number of ether oxygens (including phenoxy) is 2. The molecule has 43 heavy (non-hydrogen) atoms. The molecule has 0 radical (unpaired) electrons. The van der Waals surface area contributed by atoms with Crippen molar-refractivity contribution in [2.75, 3.05) is 50.7 Å². The van der Waals surface area contributed by atoms with Gasteiger partial charge in [-0.3, -0.25) is 4.68 Å². The van der Waals surface area contributed by atoms with Crippen LogP contribution in [0.15, 0.2) is 49.1 Å². The number of rotatable bonds is 9. The lowest BCUT2D eigenvalue weighted by molar-refractivity contribution is 0.0662. The van der Waals surface area contributed by atoms with Gasteiger partial charge in [-0.25, -0.2) is 19.3 Å². The zero-order valence-electron chi connectivity index (χ0n) is 24.5. The molecule has 2 fully saturated rings. The van der Waals surface area contributed by atoms with E-state index in [1.54, 1.807) is 25.4 Å². The first kappa shape index (κ1) is 29.0. The smallest absolute Gasteiger partial charge is 0.168 e. The second kappa shape index (κ2) is 13.0. The molecule has 3 N–H and O–H groups in total. The van der Waals surface area contributed by atoms with E-state index in [0.29, 0.717) is 36.5 Å². The van der Waals surface area contributed by atoms with Gasteiger partial charge in [0.25, 0.3) is 0 Å². The molecule has 6 rings (SSSR count). The van der Waals surface area contributed by atoms with Crippen molar-refractivity contribution in [3.05, 3.63) is 60.4 Å². The average Bonchev–Trinajstić information content (AvgIpc) is 3.52. The third kappa shape index (κ3) is 6.46. The molecule has 11 nitrogen and oxygen atoms in total. The fraction of sp³-hybridized carbons (Fsp3) is 0.419. The van der Waals surface area contributed by atoms with Crippen molar-refractivity contribution in [2.45, 2.75) is 44.4 Å². The molecular formula is C31H37FN8O3. The van der Waals surface area contributed by atoms with Crippen molar-refractivity contribution in [3.8, 4) is 28.3 Å². The van der Waals surface area contributed by atoms with Crippen molar-refractivity contribution in [3.63, 3.8) is 0 Å². The number of pyridine rings is 1. The number of halogens is 1. The summed E-state index contributed by atoms with van der Waals surface area (Å²) in [4.78, 5) is 15.8. The molecule has 0 spiro atoms. The molecule has 2 saturated heterocycles. The molecule has 4 aromatic rings. The molecule has 12 heteroatoms. The van der Waals surface area contributed by atoms with E-state index in [2.05, 4.69) is 36.8 Å². The zero-order chi connectivity index (χ0) is 29.8. The maximum atomic E-state index is 15.2. The van der Waals surface area contributed by atoms with Crippen LogP contribution in [-0.2, 0) is 11.3 Å². The number of aliphatic hydroxyl groups excluding tert-OH is 1. The van der Waals surface area contributed by atoms with Gasteiger partial charge in [0.15, 0.2) is 5.82 Å². The Bertz CT molecular complexity index is 1560. The normalized spacial score (nSPS) is 17.7. The van der Waals surface area contributed by atoms with Crippen molar-refractivity contribution in [1.82, 2.24) is 30.0 Å². The van der Waals surface area contributed by atoms with Crippen LogP contribution in [-0.4, -0.2) is 76.4 Å². The van der Waals surface area contributed by atoms with Gasteiger partial charge in [-0.2, -0.15) is 5.10 Å². The maximum absolute atomic E-state index is 15.2. The number of piperidine rings is 1. The number of nitrogens with one attached hydrogen (secondary N) is 2. The van der Waals surface area contributed by atoms with Gasteiger partial charge in [0.05, 0.1) is 36.7 Å². The van der Waals surface area contributed by atoms with Crippen LogP contribution >= 0.6 is 0 Å². The molecule has 2 aliphatic rings. The van der Waals surface area contributed by atoms with E-state index in [9.17, 15) is 5.11 Å². The fourth-order valence-electron chi connectivity index (χ4n) is 5.80. The Morgan fingerprint density at radius 3 is 2.77 bits per heavy atom. The van der Waals surface area contributed by atoms with Gasteiger partial charge in [-0.05, 0) is 56.5 Å². The predicted octanol–water partition coefficient (Wildman–Crippen LogP) is 4.33. The molecule has 1 atom stereocenters. The van der Waals surface area contributed by atoms with Gasteiger partial charge in [0, 0.05) is 68.6 Å². The fourth-order valence-corrected chi connectivity index (χ4v) is 5.80. The van der Waals surface area contributed by atoms with E-state index in [-0.39, 0.29) is 11.4 Å². The van der Waals surface area contributed by atoms with Gasteiger partial charge < -0.3 is 30.1 Å². The molecule has 0 bridgehead atoms. The van der Waals surface area contributed by atoms with E-state index < -0.39 is 11.9 Å². The van der Waals surface area contributed by atoms with Crippen molar-refractivity contribution in [2.24, 2.45) is 0 Å². The minimum Gasteiger partial charge on any atom is -0.496 e. The first-order valence-electron chi connectivity index (χ1n) is 14.7. The highest BCUT2D eigenvalue weighted by atomic mass is 19.1. The minimum atomic E-state index is -0.462. The second-order valence-corrected chi connectivity index (χ2v) is 11.0. The number of methoxy groups -OCH3 is 1. The first-order valence-corrected chi connectivity index (χ1v) is 14.7. The number of β-amino-alcohol motifs (C(OH)–C–C–N with tert-alkyl or cyclic N) is 1. The molecule has 3 aromatic heterocycles. The summed E-state index contributed by atoms with van der Waals surface area (Å²) in [6.45, 7) is 3.34. The van der Waals surface area contributed by atoms with Crippen molar-refractivity contribution in [1.29, 1.82) is 0 Å². The predicted molar refractivity (Wildman–Crippen MR) is 162 cm³/mol. The largest absolute Gasteiger partial charge is 0.496 e. The van der Waals surface area contributed by atoms with Crippen LogP contribution in [0, 0.1) is 5.82 Å². The summed E-state index contributed by atoms with van der Waals surface area (Å²) >= 11 is 0. The molecule has 1 aromatic carbocycles. The molecular weight excluding hydrogens is 551 g/mol. The third-order valence-electron chi connectivity index (χ3n) is 7.95. The summed E-state index contributed by atoms with van der Waals surface area (Å²) in [6.07, 6.45) is 10.5. The average molecular weight is 589 g/mol. The Kier molecular flexibility index (Phi) is 8.77. The lowest BCUT2D eigenvalue weighted by Gasteiger charge is -2.33. The summed E-state index contributed by atoms with van der Waals surface area (Å²) in [5, 5.41) is 21.4. The lowest BCUT2D eigenvalue weighted by Crippen LogP contribution is -2.38. The summed E-state index contributed by atoms with van der Waals surface area (Å²) in [5.41, 5.74) is 3.81. The summed E-state index contributed by atoms with van der Waals surface area (Å²) in [6, 6.07) is 7.23. The number of hydrogen-bond donors (Lipinski definition) is 3. The summed E-state index contributed by atoms with van der Waals surface area (Å²) in [5.74, 6) is 1.13. The van der Waals surface area contributed by atoms with Crippen molar-refractivity contribution >= 4 is 17.3 Å². The quantitative estimate of drug-likeness (QED) is 0.261. The number of aromatic nitrogens is 5. The van der Waals surface area contributed by atoms with Gasteiger partial charge in [0.1, 0.15) is 23.2 Å². The van der Waals surface area contributed by atoms with Crippen LogP contribution in [0.3, 0.4) is 0 Å². The highest BCUT2D eigenvalue weighted by molar-refractivity contribution is 5.80. The van der Waals surface area contributed by atoms with Crippen LogP contribution in [0.25, 0.3) is 22.5 Å².